The van der Waals surface area contributed by atoms with Crippen molar-refractivity contribution < 1.29 is 0 Å². The van der Waals surface area contributed by atoms with Gasteiger partial charge in [-0.25, -0.2) is 0 Å². The Balaban J connectivity index is 2.28. The van der Waals surface area contributed by atoms with Gasteiger partial charge in [0.05, 0.1) is 5.69 Å². The minimum atomic E-state index is -0.390. The molecule has 0 saturated carbocycles. The van der Waals surface area contributed by atoms with Crippen LogP contribution in [-0.4, -0.2) is 10.2 Å². The number of nitrogens with two attached hydrogens (primary N) is 1. The van der Waals surface area contributed by atoms with E-state index in [4.69, 9.17) is 5.73 Å². The lowest BCUT2D eigenvalue weighted by atomic mass is 10.3. The van der Waals surface area contributed by atoms with Crippen LogP contribution in [0.4, 0.5) is 17.2 Å². The zero-order valence-electron chi connectivity index (χ0n) is 8.07. The van der Waals surface area contributed by atoms with Gasteiger partial charge in [-0.1, -0.05) is 15.9 Å². The highest BCUT2D eigenvalue weighted by molar-refractivity contribution is 9.10. The van der Waals surface area contributed by atoms with Gasteiger partial charge in [-0.15, -0.1) is 5.11 Å². The Morgan fingerprint density at radius 2 is 1.81 bits per heavy atom. The molecule has 0 fully saturated rings. The first-order valence-corrected chi connectivity index (χ1v) is 5.19. The van der Waals surface area contributed by atoms with E-state index in [9.17, 15) is 4.79 Å². The van der Waals surface area contributed by atoms with Crippen molar-refractivity contribution in [3.05, 3.63) is 39.1 Å². The Labute approximate surface area is 98.7 Å². The van der Waals surface area contributed by atoms with E-state index >= 15 is 0 Å². The van der Waals surface area contributed by atoms with Crippen LogP contribution in [-0.2, 0) is 0 Å². The predicted octanol–water partition coefficient (Wildman–Crippen LogP) is 2.46. The molecule has 0 spiro atoms. The molecular formula is C9H8BrN5O. The molecule has 1 aromatic carbocycles. The summed E-state index contributed by atoms with van der Waals surface area (Å²) in [6.45, 7) is 0. The molecule has 0 aliphatic heterocycles. The molecule has 7 heteroatoms. The normalized spacial score (nSPS) is 11.1. The average molecular weight is 282 g/mol. The van der Waals surface area contributed by atoms with Gasteiger partial charge < -0.3 is 5.73 Å². The van der Waals surface area contributed by atoms with E-state index in [0.29, 0.717) is 5.69 Å². The molecule has 2 rings (SSSR count). The first-order valence-electron chi connectivity index (χ1n) is 4.40. The molecule has 6 nitrogen and oxygen atoms in total. The van der Waals surface area contributed by atoms with Crippen LogP contribution >= 0.6 is 15.9 Å². The number of H-pyrrole nitrogens is 2. The number of anilines is 1. The van der Waals surface area contributed by atoms with Crippen LogP contribution in [0.25, 0.3) is 0 Å². The van der Waals surface area contributed by atoms with Gasteiger partial charge in [-0.3, -0.25) is 15.0 Å². The first kappa shape index (κ1) is 10.6. The lowest BCUT2D eigenvalue weighted by molar-refractivity contribution is 1.06. The summed E-state index contributed by atoms with van der Waals surface area (Å²) in [4.78, 5) is 11.2. The molecule has 0 bridgehead atoms. The number of nitrogen functional groups attached to an aromatic ring is 1. The molecule has 0 aliphatic carbocycles. The third-order valence-corrected chi connectivity index (χ3v) is 2.40. The van der Waals surface area contributed by atoms with Crippen LogP contribution in [0.5, 0.6) is 0 Å². The Hall–Kier alpha value is -1.89. The number of halogens is 1. The molecule has 82 valence electrons. The van der Waals surface area contributed by atoms with Gasteiger partial charge in [-0.2, -0.15) is 5.11 Å². The number of aromatic nitrogens is 2. The van der Waals surface area contributed by atoms with Crippen molar-refractivity contribution in [3.63, 3.8) is 0 Å². The van der Waals surface area contributed by atoms with Crippen LogP contribution in [0.2, 0.25) is 0 Å². The lowest BCUT2D eigenvalue weighted by Gasteiger charge is -1.91. The summed E-state index contributed by atoms with van der Waals surface area (Å²) in [5.41, 5.74) is 5.82. The number of hydrogen-bond acceptors (Lipinski definition) is 4. The monoisotopic (exact) mass is 281 g/mol. The summed E-state index contributed by atoms with van der Waals surface area (Å²) >= 11 is 3.31. The summed E-state index contributed by atoms with van der Waals surface area (Å²) in [7, 11) is 0. The van der Waals surface area contributed by atoms with E-state index in [0.717, 1.165) is 4.47 Å². The molecule has 0 amide bonds. The topological polar surface area (TPSA) is 99.4 Å². The van der Waals surface area contributed by atoms with Gasteiger partial charge in [0.25, 0.3) is 5.56 Å². The van der Waals surface area contributed by atoms with Crippen molar-refractivity contribution >= 4 is 33.1 Å². The zero-order valence-corrected chi connectivity index (χ0v) is 9.65. The Morgan fingerprint density at radius 1 is 1.12 bits per heavy atom. The van der Waals surface area contributed by atoms with Crippen molar-refractivity contribution in [2.24, 2.45) is 10.2 Å². The Bertz CT molecular complexity index is 568. The molecular weight excluding hydrogens is 274 g/mol. The molecule has 2 aromatic rings. The number of aromatic amines is 2. The highest BCUT2D eigenvalue weighted by atomic mass is 79.9. The second-order valence-corrected chi connectivity index (χ2v) is 3.93. The van der Waals surface area contributed by atoms with Crippen molar-refractivity contribution in [1.82, 2.24) is 10.2 Å². The summed E-state index contributed by atoms with van der Waals surface area (Å²) < 4.78 is 0.949. The minimum Gasteiger partial charge on any atom is -0.382 e. The van der Waals surface area contributed by atoms with Crippen LogP contribution < -0.4 is 11.3 Å². The highest BCUT2D eigenvalue weighted by Crippen LogP contribution is 2.20. The third-order valence-electron chi connectivity index (χ3n) is 1.87. The van der Waals surface area contributed by atoms with E-state index in [2.05, 4.69) is 36.4 Å². The summed E-state index contributed by atoms with van der Waals surface area (Å²) in [6, 6.07) is 7.20. The summed E-state index contributed by atoms with van der Waals surface area (Å²) in [5.74, 6) is 0.172. The lowest BCUT2D eigenvalue weighted by Crippen LogP contribution is -1.96. The Kier molecular flexibility index (Phi) is 2.86. The first-order chi connectivity index (χ1) is 7.66. The van der Waals surface area contributed by atoms with Crippen molar-refractivity contribution in [3.8, 4) is 0 Å². The van der Waals surface area contributed by atoms with Gasteiger partial charge in [-0.05, 0) is 24.3 Å². The van der Waals surface area contributed by atoms with Crippen molar-refractivity contribution in [2.45, 2.75) is 0 Å². The minimum absolute atomic E-state index is 0.0860. The zero-order chi connectivity index (χ0) is 11.5. The van der Waals surface area contributed by atoms with Gasteiger partial charge in [0.2, 0.25) is 0 Å². The van der Waals surface area contributed by atoms with Crippen molar-refractivity contribution in [1.29, 1.82) is 0 Å². The molecule has 1 heterocycles. The highest BCUT2D eigenvalue weighted by Gasteiger charge is 2.04. The molecule has 1 aromatic heterocycles. The summed E-state index contributed by atoms with van der Waals surface area (Å²) in [5, 5.41) is 12.4. The smallest absolute Gasteiger partial charge is 0.293 e. The predicted molar refractivity (Wildman–Crippen MR) is 64.1 cm³/mol. The quantitative estimate of drug-likeness (QED) is 0.737. The second-order valence-electron chi connectivity index (χ2n) is 3.02. The van der Waals surface area contributed by atoms with Crippen LogP contribution in [0, 0.1) is 0 Å². The van der Waals surface area contributed by atoms with Gasteiger partial charge >= 0.3 is 0 Å². The number of benzene rings is 1. The van der Waals surface area contributed by atoms with E-state index in [-0.39, 0.29) is 11.5 Å². The van der Waals surface area contributed by atoms with Gasteiger partial charge in [0.1, 0.15) is 5.82 Å². The fraction of sp³-hybridized carbons (Fsp3) is 0. The number of azo groups is 1. The molecule has 0 atom stereocenters. The molecule has 0 saturated heterocycles. The average Bonchev–Trinajstić information content (AvgIpc) is 2.59. The molecule has 0 unspecified atom stereocenters. The fourth-order valence-electron chi connectivity index (χ4n) is 1.08. The van der Waals surface area contributed by atoms with E-state index in [1.54, 1.807) is 12.1 Å². The maximum Gasteiger partial charge on any atom is 0.293 e. The second kappa shape index (κ2) is 4.31. The van der Waals surface area contributed by atoms with E-state index in [1.165, 1.54) is 0 Å². The SMILES string of the molecule is Nc1[nH][nH]c(=O)c1N=Nc1ccc(Br)cc1. The van der Waals surface area contributed by atoms with Gasteiger partial charge in [0.15, 0.2) is 5.69 Å². The number of rotatable bonds is 2. The standard InChI is InChI=1S/C9H8BrN5O/c10-5-1-3-6(4-2-5)12-13-7-8(11)14-15-9(7)16/h1-4H,(H4,11,14,15,16). The number of nitrogens with zero attached hydrogens (tertiary/aromatic N) is 2. The number of nitrogens with one attached hydrogen (secondary N) is 2. The van der Waals surface area contributed by atoms with E-state index in [1.807, 2.05) is 12.1 Å². The van der Waals surface area contributed by atoms with Crippen LogP contribution in [0.15, 0.2) is 43.8 Å². The molecule has 16 heavy (non-hydrogen) atoms. The maximum atomic E-state index is 11.2. The van der Waals surface area contributed by atoms with Gasteiger partial charge in [0, 0.05) is 4.47 Å². The molecule has 0 radical (unpaired) electrons. The fourth-order valence-corrected chi connectivity index (χ4v) is 1.34. The summed E-state index contributed by atoms with van der Waals surface area (Å²) in [6.07, 6.45) is 0. The van der Waals surface area contributed by atoms with Crippen LogP contribution in [0.1, 0.15) is 0 Å². The molecule has 0 aliphatic rings. The number of hydrogen-bond donors (Lipinski definition) is 3. The van der Waals surface area contributed by atoms with Crippen LogP contribution in [0.3, 0.4) is 0 Å². The largest absolute Gasteiger partial charge is 0.382 e. The molecule has 4 N–H and O–H groups in total. The van der Waals surface area contributed by atoms with E-state index < -0.39 is 5.56 Å². The third kappa shape index (κ3) is 2.19. The van der Waals surface area contributed by atoms with Crippen molar-refractivity contribution in [2.75, 3.05) is 5.73 Å². The maximum absolute atomic E-state index is 11.2. The Morgan fingerprint density at radius 3 is 2.38 bits per heavy atom.